The summed E-state index contributed by atoms with van der Waals surface area (Å²) < 4.78 is 0. The van der Waals surface area contributed by atoms with E-state index in [1.54, 1.807) is 18.2 Å². The van der Waals surface area contributed by atoms with E-state index in [-0.39, 0.29) is 17.7 Å². The number of benzene rings is 2. The Balaban J connectivity index is 1.63. The van der Waals surface area contributed by atoms with Crippen LogP contribution in [0.5, 0.6) is 0 Å². The predicted octanol–water partition coefficient (Wildman–Crippen LogP) is 3.95. The fraction of sp³-hybridized carbons (Fsp3) is 0.286. The number of imide groups is 1. The quantitative estimate of drug-likeness (QED) is 0.795. The van der Waals surface area contributed by atoms with E-state index >= 15 is 0 Å². The molecule has 0 radical (unpaired) electrons. The number of hydrogen-bond acceptors (Lipinski definition) is 4. The van der Waals surface area contributed by atoms with Gasteiger partial charge in [0.15, 0.2) is 0 Å². The molecule has 3 rings (SSSR count). The van der Waals surface area contributed by atoms with Gasteiger partial charge < -0.3 is 5.32 Å². The summed E-state index contributed by atoms with van der Waals surface area (Å²) in [7, 11) is 0. The van der Waals surface area contributed by atoms with Gasteiger partial charge in [0.2, 0.25) is 5.91 Å². The van der Waals surface area contributed by atoms with Crippen molar-refractivity contribution in [3.05, 3.63) is 65.2 Å². The highest BCUT2D eigenvalue weighted by Crippen LogP contribution is 2.31. The summed E-state index contributed by atoms with van der Waals surface area (Å²) in [5.74, 6) is 0.315. The minimum Gasteiger partial charge on any atom is -0.325 e. The summed E-state index contributed by atoms with van der Waals surface area (Å²) in [6.07, 6.45) is 0. The van der Waals surface area contributed by atoms with Crippen molar-refractivity contribution in [1.82, 2.24) is 4.90 Å². The lowest BCUT2D eigenvalue weighted by Crippen LogP contribution is -2.45. The zero-order valence-electron chi connectivity index (χ0n) is 15.6. The van der Waals surface area contributed by atoms with Gasteiger partial charge in [-0.15, -0.1) is 11.8 Å². The predicted molar refractivity (Wildman–Crippen MR) is 108 cm³/mol. The normalized spacial score (nSPS) is 13.7. The van der Waals surface area contributed by atoms with Crippen LogP contribution in [-0.2, 0) is 10.5 Å². The van der Waals surface area contributed by atoms with Gasteiger partial charge in [0, 0.05) is 17.0 Å². The SMILES string of the molecule is CC(C)(C)N1C(=O)c2ccc(NC(=O)CSCc3ccccc3)cc2C1=O. The molecule has 3 amide bonds. The van der Waals surface area contributed by atoms with Crippen LogP contribution in [0.2, 0.25) is 0 Å². The molecule has 0 saturated heterocycles. The largest absolute Gasteiger partial charge is 0.325 e. The number of hydrogen-bond donors (Lipinski definition) is 1. The Morgan fingerprint density at radius 1 is 1.00 bits per heavy atom. The number of carbonyl (C=O) groups is 3. The molecule has 0 bridgehead atoms. The summed E-state index contributed by atoms with van der Waals surface area (Å²) in [5, 5.41) is 2.81. The van der Waals surface area contributed by atoms with E-state index in [4.69, 9.17) is 0 Å². The molecule has 1 aliphatic heterocycles. The molecule has 1 N–H and O–H groups in total. The Hall–Kier alpha value is -2.60. The van der Waals surface area contributed by atoms with Crippen molar-refractivity contribution in [2.75, 3.05) is 11.1 Å². The maximum Gasteiger partial charge on any atom is 0.262 e. The number of anilines is 1. The molecular weight excluding hydrogens is 360 g/mol. The van der Waals surface area contributed by atoms with Gasteiger partial charge >= 0.3 is 0 Å². The van der Waals surface area contributed by atoms with Gasteiger partial charge in [0.25, 0.3) is 11.8 Å². The maximum absolute atomic E-state index is 12.6. The lowest BCUT2D eigenvalue weighted by molar-refractivity contribution is -0.113. The van der Waals surface area contributed by atoms with Gasteiger partial charge in [-0.05, 0) is 44.5 Å². The highest BCUT2D eigenvalue weighted by molar-refractivity contribution is 7.99. The van der Waals surface area contributed by atoms with Gasteiger partial charge in [0.1, 0.15) is 0 Å². The van der Waals surface area contributed by atoms with Crippen molar-refractivity contribution < 1.29 is 14.4 Å². The van der Waals surface area contributed by atoms with Crippen molar-refractivity contribution in [1.29, 1.82) is 0 Å². The molecule has 0 fully saturated rings. The summed E-state index contributed by atoms with van der Waals surface area (Å²) in [4.78, 5) is 38.5. The molecule has 5 nitrogen and oxygen atoms in total. The minimum absolute atomic E-state index is 0.139. The first-order chi connectivity index (χ1) is 12.8. The number of nitrogens with one attached hydrogen (secondary N) is 1. The van der Waals surface area contributed by atoms with Crippen molar-refractivity contribution in [2.45, 2.75) is 32.1 Å². The second kappa shape index (κ2) is 7.56. The molecule has 2 aromatic rings. The average Bonchev–Trinajstić information content (AvgIpc) is 2.86. The number of rotatable bonds is 5. The molecule has 1 heterocycles. The second-order valence-electron chi connectivity index (χ2n) is 7.40. The van der Waals surface area contributed by atoms with Gasteiger partial charge in [-0.25, -0.2) is 0 Å². The first-order valence-electron chi connectivity index (χ1n) is 8.72. The fourth-order valence-electron chi connectivity index (χ4n) is 2.96. The van der Waals surface area contributed by atoms with Crippen molar-refractivity contribution >= 4 is 35.2 Å². The summed E-state index contributed by atoms with van der Waals surface area (Å²) in [5.41, 5.74) is 1.82. The molecule has 0 aliphatic carbocycles. The zero-order valence-corrected chi connectivity index (χ0v) is 16.4. The van der Waals surface area contributed by atoms with E-state index < -0.39 is 5.54 Å². The van der Waals surface area contributed by atoms with Crippen molar-refractivity contribution in [3.8, 4) is 0 Å². The lowest BCUT2D eigenvalue weighted by atomic mass is 10.1. The van der Waals surface area contributed by atoms with Gasteiger partial charge in [-0.2, -0.15) is 0 Å². The monoisotopic (exact) mass is 382 g/mol. The lowest BCUT2D eigenvalue weighted by Gasteiger charge is -2.29. The van der Waals surface area contributed by atoms with Crippen LogP contribution in [0.15, 0.2) is 48.5 Å². The molecule has 0 spiro atoms. The molecule has 0 unspecified atom stereocenters. The zero-order chi connectivity index (χ0) is 19.6. The molecule has 27 heavy (non-hydrogen) atoms. The van der Waals surface area contributed by atoms with Crippen LogP contribution in [0, 0.1) is 0 Å². The highest BCUT2D eigenvalue weighted by Gasteiger charge is 2.41. The van der Waals surface area contributed by atoms with Crippen LogP contribution >= 0.6 is 11.8 Å². The van der Waals surface area contributed by atoms with Crippen LogP contribution < -0.4 is 5.32 Å². The molecule has 1 aliphatic rings. The summed E-state index contributed by atoms with van der Waals surface area (Å²) >= 11 is 1.52. The van der Waals surface area contributed by atoms with E-state index in [1.807, 2.05) is 51.1 Å². The Bertz CT molecular complexity index is 888. The van der Waals surface area contributed by atoms with E-state index in [1.165, 1.54) is 22.2 Å². The summed E-state index contributed by atoms with van der Waals surface area (Å²) in [6, 6.07) is 14.8. The first kappa shape index (κ1) is 19.2. The third kappa shape index (κ3) is 4.22. The molecule has 6 heteroatoms. The number of nitrogens with zero attached hydrogens (tertiary/aromatic N) is 1. The highest BCUT2D eigenvalue weighted by atomic mass is 32.2. The van der Waals surface area contributed by atoms with Gasteiger partial charge in [-0.3, -0.25) is 19.3 Å². The van der Waals surface area contributed by atoms with Crippen molar-refractivity contribution in [3.63, 3.8) is 0 Å². The standard InChI is InChI=1S/C21H22N2O3S/c1-21(2,3)23-19(25)16-10-9-15(11-17(16)20(23)26)22-18(24)13-27-12-14-7-5-4-6-8-14/h4-11H,12-13H2,1-3H3,(H,22,24). The van der Waals surface area contributed by atoms with Crippen LogP contribution in [-0.4, -0.2) is 33.9 Å². The molecule has 2 aromatic carbocycles. The Morgan fingerprint density at radius 2 is 1.67 bits per heavy atom. The minimum atomic E-state index is -0.593. The van der Waals surface area contributed by atoms with Crippen LogP contribution in [0.25, 0.3) is 0 Å². The fourth-order valence-corrected chi connectivity index (χ4v) is 3.75. The Labute approximate surface area is 163 Å². The van der Waals surface area contributed by atoms with Crippen molar-refractivity contribution in [2.24, 2.45) is 0 Å². The molecule has 0 aromatic heterocycles. The Kier molecular flexibility index (Phi) is 5.37. The van der Waals surface area contributed by atoms with E-state index in [0.717, 1.165) is 5.75 Å². The topological polar surface area (TPSA) is 66.5 Å². The molecule has 140 valence electrons. The van der Waals surface area contributed by atoms with Crippen LogP contribution in [0.4, 0.5) is 5.69 Å². The third-order valence-electron chi connectivity index (χ3n) is 4.19. The van der Waals surface area contributed by atoms with Gasteiger partial charge in [-0.1, -0.05) is 30.3 Å². The smallest absolute Gasteiger partial charge is 0.262 e. The van der Waals surface area contributed by atoms with Gasteiger partial charge in [0.05, 0.1) is 16.9 Å². The third-order valence-corrected chi connectivity index (χ3v) is 5.19. The van der Waals surface area contributed by atoms with Crippen LogP contribution in [0.1, 0.15) is 47.1 Å². The maximum atomic E-state index is 12.6. The number of carbonyl (C=O) groups excluding carboxylic acids is 3. The number of thioether (sulfide) groups is 1. The van der Waals surface area contributed by atoms with E-state index in [9.17, 15) is 14.4 Å². The van der Waals surface area contributed by atoms with Crippen LogP contribution in [0.3, 0.4) is 0 Å². The first-order valence-corrected chi connectivity index (χ1v) is 9.87. The molecule has 0 atom stereocenters. The van der Waals surface area contributed by atoms with E-state index in [2.05, 4.69) is 5.32 Å². The van der Waals surface area contributed by atoms with E-state index in [0.29, 0.717) is 22.6 Å². The summed E-state index contributed by atoms with van der Waals surface area (Å²) in [6.45, 7) is 5.46. The molecular formula is C21H22N2O3S. The molecule has 0 saturated carbocycles. The second-order valence-corrected chi connectivity index (χ2v) is 8.39. The number of fused-ring (bicyclic) bond motifs is 1. The number of amides is 3. The Morgan fingerprint density at radius 3 is 2.33 bits per heavy atom. The average molecular weight is 382 g/mol.